The van der Waals surface area contributed by atoms with E-state index in [0.717, 1.165) is 32.2 Å². The molecule has 7 heteroatoms. The molecule has 1 aromatic rings. The van der Waals surface area contributed by atoms with E-state index in [-0.39, 0.29) is 10.9 Å². The Balaban J connectivity index is 2.57. The molecule has 0 radical (unpaired) electrons. The Hall–Kier alpha value is -0.920. The minimum atomic E-state index is -3.45. The van der Waals surface area contributed by atoms with Crippen LogP contribution in [-0.4, -0.2) is 37.8 Å². The minimum Gasteiger partial charge on any atom is -0.318 e. The molecular formula is C13H26N4O2S. The first-order chi connectivity index (χ1) is 9.49. The molecule has 1 heterocycles. The highest BCUT2D eigenvalue weighted by Gasteiger charge is 2.18. The first kappa shape index (κ1) is 17.1. The third-order valence-corrected chi connectivity index (χ3v) is 4.65. The third-order valence-electron chi connectivity index (χ3n) is 3.11. The van der Waals surface area contributed by atoms with E-state index in [1.165, 1.54) is 6.20 Å². The lowest BCUT2D eigenvalue weighted by Gasteiger charge is -2.12. The fraction of sp³-hybridized carbons (Fsp3) is 0.769. The molecule has 116 valence electrons. The molecule has 0 spiro atoms. The Morgan fingerprint density at radius 3 is 2.80 bits per heavy atom. The maximum atomic E-state index is 12.2. The van der Waals surface area contributed by atoms with Crippen LogP contribution in [0.5, 0.6) is 0 Å². The van der Waals surface area contributed by atoms with Crippen molar-refractivity contribution in [1.82, 2.24) is 19.8 Å². The van der Waals surface area contributed by atoms with Crippen LogP contribution in [0.15, 0.2) is 17.3 Å². The second-order valence-electron chi connectivity index (χ2n) is 5.06. The minimum absolute atomic E-state index is 0.0489. The summed E-state index contributed by atoms with van der Waals surface area (Å²) in [5, 5.41) is 7.06. The fourth-order valence-electron chi connectivity index (χ4n) is 1.92. The van der Waals surface area contributed by atoms with Crippen molar-refractivity contribution in [2.75, 3.05) is 13.6 Å². The Labute approximate surface area is 122 Å². The van der Waals surface area contributed by atoms with Crippen LogP contribution in [0.1, 0.15) is 39.5 Å². The predicted molar refractivity (Wildman–Crippen MR) is 80.1 cm³/mol. The van der Waals surface area contributed by atoms with E-state index < -0.39 is 10.0 Å². The van der Waals surface area contributed by atoms with E-state index in [0.29, 0.717) is 6.54 Å². The zero-order chi connectivity index (χ0) is 15.0. The van der Waals surface area contributed by atoms with Crippen LogP contribution in [-0.2, 0) is 16.6 Å². The molecular weight excluding hydrogens is 276 g/mol. The van der Waals surface area contributed by atoms with Crippen LogP contribution in [0.25, 0.3) is 0 Å². The third kappa shape index (κ3) is 5.60. The van der Waals surface area contributed by atoms with Crippen LogP contribution in [0.3, 0.4) is 0 Å². The van der Waals surface area contributed by atoms with E-state index in [4.69, 9.17) is 0 Å². The highest BCUT2D eigenvalue weighted by molar-refractivity contribution is 7.89. The fourth-order valence-corrected chi connectivity index (χ4v) is 3.15. The van der Waals surface area contributed by atoms with Crippen LogP contribution in [0, 0.1) is 0 Å². The van der Waals surface area contributed by atoms with Crippen molar-refractivity contribution >= 4 is 10.0 Å². The summed E-state index contributed by atoms with van der Waals surface area (Å²) in [6.45, 7) is 5.44. The average Bonchev–Trinajstić information content (AvgIpc) is 2.85. The average molecular weight is 302 g/mol. The van der Waals surface area contributed by atoms with Gasteiger partial charge in [0.25, 0.3) is 0 Å². The molecule has 0 aromatic carbocycles. The van der Waals surface area contributed by atoms with E-state index >= 15 is 0 Å². The van der Waals surface area contributed by atoms with Gasteiger partial charge in [0.1, 0.15) is 4.90 Å². The maximum Gasteiger partial charge on any atom is 0.243 e. The molecule has 0 bridgehead atoms. The van der Waals surface area contributed by atoms with Crippen LogP contribution < -0.4 is 10.0 Å². The van der Waals surface area contributed by atoms with E-state index in [9.17, 15) is 8.42 Å². The predicted octanol–water partition coefficient (Wildman–Crippen LogP) is 1.35. The molecule has 1 rings (SSSR count). The number of unbranched alkanes of at least 4 members (excludes halogenated alkanes) is 2. The summed E-state index contributed by atoms with van der Waals surface area (Å²) in [6.07, 6.45) is 7.14. The smallest absolute Gasteiger partial charge is 0.243 e. The first-order valence-electron chi connectivity index (χ1n) is 7.19. The lowest BCUT2D eigenvalue weighted by atomic mass is 10.1. The largest absolute Gasteiger partial charge is 0.318 e. The van der Waals surface area contributed by atoms with E-state index in [2.05, 4.69) is 22.1 Å². The van der Waals surface area contributed by atoms with Crippen molar-refractivity contribution in [2.45, 2.75) is 57.0 Å². The van der Waals surface area contributed by atoms with Crippen molar-refractivity contribution in [2.24, 2.45) is 0 Å². The number of hydrogen-bond donors (Lipinski definition) is 2. The van der Waals surface area contributed by atoms with Crippen molar-refractivity contribution < 1.29 is 8.42 Å². The Kier molecular flexibility index (Phi) is 7.18. The van der Waals surface area contributed by atoms with Crippen LogP contribution in [0.2, 0.25) is 0 Å². The summed E-state index contributed by atoms with van der Waals surface area (Å²) in [5.74, 6) is 0. The van der Waals surface area contributed by atoms with Crippen molar-refractivity contribution in [1.29, 1.82) is 0 Å². The molecule has 1 aromatic heterocycles. The molecule has 0 saturated carbocycles. The molecule has 0 aliphatic carbocycles. The number of sulfonamides is 1. The van der Waals surface area contributed by atoms with Gasteiger partial charge in [-0.1, -0.05) is 26.2 Å². The number of rotatable bonds is 10. The molecule has 0 amide bonds. The lowest BCUT2D eigenvalue weighted by Crippen LogP contribution is -2.32. The number of nitrogens with zero attached hydrogens (tertiary/aromatic N) is 2. The van der Waals surface area contributed by atoms with Gasteiger partial charge in [-0.25, -0.2) is 13.1 Å². The number of hydrogen-bond acceptors (Lipinski definition) is 4. The summed E-state index contributed by atoms with van der Waals surface area (Å²) in [7, 11) is -1.61. The number of aromatic nitrogens is 2. The van der Waals surface area contributed by atoms with Gasteiger partial charge in [0, 0.05) is 18.8 Å². The molecule has 1 unspecified atom stereocenters. The van der Waals surface area contributed by atoms with Gasteiger partial charge in [-0.15, -0.1) is 0 Å². The van der Waals surface area contributed by atoms with Crippen LogP contribution >= 0.6 is 0 Å². The van der Waals surface area contributed by atoms with E-state index in [1.54, 1.807) is 10.9 Å². The van der Waals surface area contributed by atoms with Gasteiger partial charge in [-0.3, -0.25) is 4.68 Å². The molecule has 0 saturated heterocycles. The number of likely N-dealkylation sites (N-methyl/N-ethyl adjacent to an activating group) is 1. The SMILES string of the molecule is CCCCCC(C)NS(=O)(=O)c1cnn(CCNC)c1. The Bertz CT molecular complexity index is 484. The zero-order valence-electron chi connectivity index (χ0n) is 12.6. The summed E-state index contributed by atoms with van der Waals surface area (Å²) in [4.78, 5) is 0.232. The summed E-state index contributed by atoms with van der Waals surface area (Å²) in [5.41, 5.74) is 0. The topological polar surface area (TPSA) is 76.0 Å². The lowest BCUT2D eigenvalue weighted by molar-refractivity contribution is 0.527. The Morgan fingerprint density at radius 1 is 1.40 bits per heavy atom. The van der Waals surface area contributed by atoms with Gasteiger partial charge >= 0.3 is 0 Å². The van der Waals surface area contributed by atoms with Gasteiger partial charge in [-0.05, 0) is 20.4 Å². The summed E-state index contributed by atoms with van der Waals surface area (Å²) >= 11 is 0. The molecule has 6 nitrogen and oxygen atoms in total. The molecule has 1 atom stereocenters. The standard InChI is InChI=1S/C13H26N4O2S/c1-4-5-6-7-12(2)16-20(18,19)13-10-15-17(11-13)9-8-14-3/h10-12,14,16H,4-9H2,1-3H3. The second-order valence-corrected chi connectivity index (χ2v) is 6.77. The zero-order valence-corrected chi connectivity index (χ0v) is 13.4. The van der Waals surface area contributed by atoms with E-state index in [1.807, 2.05) is 14.0 Å². The monoisotopic (exact) mass is 302 g/mol. The molecule has 0 aliphatic rings. The van der Waals surface area contributed by atoms with Gasteiger partial charge in [0.15, 0.2) is 0 Å². The molecule has 0 aliphatic heterocycles. The maximum absolute atomic E-state index is 12.2. The Morgan fingerprint density at radius 2 is 2.15 bits per heavy atom. The van der Waals surface area contributed by atoms with Crippen LogP contribution in [0.4, 0.5) is 0 Å². The van der Waals surface area contributed by atoms with Crippen molar-refractivity contribution in [3.63, 3.8) is 0 Å². The summed E-state index contributed by atoms with van der Waals surface area (Å²) < 4.78 is 28.7. The molecule has 2 N–H and O–H groups in total. The van der Waals surface area contributed by atoms with Gasteiger partial charge in [0.05, 0.1) is 12.7 Å². The first-order valence-corrected chi connectivity index (χ1v) is 8.67. The number of nitrogens with one attached hydrogen (secondary N) is 2. The van der Waals surface area contributed by atoms with Gasteiger partial charge < -0.3 is 5.32 Å². The quantitative estimate of drug-likeness (QED) is 0.640. The second kappa shape index (κ2) is 8.39. The molecule has 0 fully saturated rings. The van der Waals surface area contributed by atoms with Crippen molar-refractivity contribution in [3.8, 4) is 0 Å². The van der Waals surface area contributed by atoms with Gasteiger partial charge in [0.2, 0.25) is 10.0 Å². The summed E-state index contributed by atoms with van der Waals surface area (Å²) in [6, 6.07) is -0.0489. The van der Waals surface area contributed by atoms with Crippen molar-refractivity contribution in [3.05, 3.63) is 12.4 Å². The normalized spacial score (nSPS) is 13.6. The molecule has 20 heavy (non-hydrogen) atoms. The van der Waals surface area contributed by atoms with Gasteiger partial charge in [-0.2, -0.15) is 5.10 Å². The highest BCUT2D eigenvalue weighted by atomic mass is 32.2. The highest BCUT2D eigenvalue weighted by Crippen LogP contribution is 2.10.